The molecule has 0 fully saturated rings. The Morgan fingerprint density at radius 2 is 1.71 bits per heavy atom. The van der Waals surface area contributed by atoms with Crippen molar-refractivity contribution in [2.24, 2.45) is 5.41 Å². The van der Waals surface area contributed by atoms with Crippen molar-refractivity contribution in [1.82, 2.24) is 5.32 Å². The molecule has 1 aromatic rings. The van der Waals surface area contributed by atoms with Crippen LogP contribution in [0, 0.1) is 5.41 Å². The molecule has 1 rings (SSSR count). The molecule has 0 spiro atoms. The fourth-order valence-corrected chi connectivity index (χ4v) is 3.34. The summed E-state index contributed by atoms with van der Waals surface area (Å²) in [4.78, 5) is 34.3. The number of carbonyl (C=O) groups is 3. The molecule has 0 aliphatic rings. The van der Waals surface area contributed by atoms with E-state index in [0.717, 1.165) is 0 Å². The van der Waals surface area contributed by atoms with Crippen LogP contribution in [0.15, 0.2) is 30.3 Å². The van der Waals surface area contributed by atoms with Gasteiger partial charge in [0.25, 0.3) is 10.1 Å². The number of carboxylic acids is 1. The van der Waals surface area contributed by atoms with Gasteiger partial charge in [-0.2, -0.15) is 8.42 Å². The van der Waals surface area contributed by atoms with Crippen LogP contribution in [-0.2, 0) is 28.6 Å². The summed E-state index contributed by atoms with van der Waals surface area (Å²) in [5, 5.41) is 22.6. The van der Waals surface area contributed by atoms with E-state index in [4.69, 9.17) is 13.7 Å². The van der Waals surface area contributed by atoms with Crippen LogP contribution in [0.5, 0.6) is 5.75 Å². The van der Waals surface area contributed by atoms with Gasteiger partial charge in [0.15, 0.2) is 0 Å². The zero-order chi connectivity index (χ0) is 23.7. The highest BCUT2D eigenvalue weighted by atomic mass is 32.2. The second-order valence-corrected chi connectivity index (χ2v) is 9.12. The van der Waals surface area contributed by atoms with Crippen LogP contribution < -0.4 is 10.1 Å². The van der Waals surface area contributed by atoms with E-state index in [0.29, 0.717) is 0 Å². The average Bonchev–Trinajstić information content (AvgIpc) is 2.68. The van der Waals surface area contributed by atoms with E-state index >= 15 is 0 Å². The summed E-state index contributed by atoms with van der Waals surface area (Å²) in [7, 11) is -4.06. The van der Waals surface area contributed by atoms with Gasteiger partial charge in [0.05, 0.1) is 12.4 Å². The Labute approximate surface area is 180 Å². The van der Waals surface area contributed by atoms with E-state index in [1.54, 1.807) is 18.2 Å². The van der Waals surface area contributed by atoms with E-state index in [2.05, 4.69) is 5.32 Å². The second kappa shape index (κ2) is 11.1. The minimum absolute atomic E-state index is 0.0833. The zero-order valence-corrected chi connectivity index (χ0v) is 18.3. The molecule has 0 unspecified atom stereocenters. The number of aliphatic carboxylic acids is 1. The molecule has 0 bridgehead atoms. The monoisotopic (exact) mass is 461 g/mol. The van der Waals surface area contributed by atoms with Crippen molar-refractivity contribution in [3.05, 3.63) is 30.3 Å². The highest BCUT2D eigenvalue weighted by Crippen LogP contribution is 2.33. The fraction of sp³-hybridized carbons (Fsp3) is 0.526. The van der Waals surface area contributed by atoms with Crippen molar-refractivity contribution in [2.45, 2.75) is 32.8 Å². The number of amides is 1. The minimum Gasteiger partial charge on any atom is -0.479 e. The number of nitrogens with one attached hydrogen (secondary N) is 1. The van der Waals surface area contributed by atoms with Crippen molar-refractivity contribution in [1.29, 1.82) is 0 Å². The lowest BCUT2D eigenvalue weighted by Gasteiger charge is -2.37. The van der Waals surface area contributed by atoms with E-state index in [9.17, 15) is 33.0 Å². The van der Waals surface area contributed by atoms with Crippen LogP contribution in [0.25, 0.3) is 0 Å². The first-order valence-corrected chi connectivity index (χ1v) is 10.8. The third-order valence-electron chi connectivity index (χ3n) is 4.36. The Morgan fingerprint density at radius 1 is 1.10 bits per heavy atom. The molecule has 1 atom stereocenters. The molecule has 174 valence electrons. The Bertz CT molecular complexity index is 869. The molecule has 1 aromatic carbocycles. The maximum absolute atomic E-state index is 12.0. The molecule has 1 amide bonds. The van der Waals surface area contributed by atoms with E-state index in [1.165, 1.54) is 32.9 Å². The molecule has 0 heterocycles. The Hall–Kier alpha value is -2.70. The highest BCUT2D eigenvalue weighted by Gasteiger charge is 2.52. The zero-order valence-electron chi connectivity index (χ0n) is 17.5. The standard InChI is InChI=1S/C19H27NO10S/c1-14(21)20-10-7-11-31(26,27)29-12-18(2,3)19(25,16(22)23)13-28-17(24)30-15-8-5-4-6-9-15/h4-6,8-9,25H,7,10-13H2,1-3H3,(H,20,21)(H,22,23)/t19-/m1/s1. The molecule has 0 aliphatic heterocycles. The Kier molecular flexibility index (Phi) is 9.40. The SMILES string of the molecule is CC(=O)NCCCS(=O)(=O)OCC(C)(C)[C@@](O)(COC(=O)Oc1ccccc1)C(=O)O. The van der Waals surface area contributed by atoms with Crippen LogP contribution in [0.1, 0.15) is 27.2 Å². The Balaban J connectivity index is 2.71. The summed E-state index contributed by atoms with van der Waals surface area (Å²) < 4.78 is 38.5. The Morgan fingerprint density at radius 3 is 2.26 bits per heavy atom. The number of benzene rings is 1. The predicted molar refractivity (Wildman–Crippen MR) is 108 cm³/mol. The summed E-state index contributed by atoms with van der Waals surface area (Å²) >= 11 is 0. The maximum atomic E-state index is 12.0. The molecule has 11 nitrogen and oxygen atoms in total. The van der Waals surface area contributed by atoms with Gasteiger partial charge < -0.3 is 25.0 Å². The van der Waals surface area contributed by atoms with Crippen LogP contribution >= 0.6 is 0 Å². The number of carbonyl (C=O) groups excluding carboxylic acids is 2. The maximum Gasteiger partial charge on any atom is 0.513 e. The predicted octanol–water partition coefficient (Wildman–Crippen LogP) is 0.917. The number of para-hydroxylation sites is 1. The van der Waals surface area contributed by atoms with Crippen LogP contribution in [0.4, 0.5) is 4.79 Å². The van der Waals surface area contributed by atoms with Gasteiger partial charge in [-0.25, -0.2) is 9.59 Å². The first-order chi connectivity index (χ1) is 14.3. The molecular formula is C19H27NO10S. The normalized spacial score (nSPS) is 13.7. The van der Waals surface area contributed by atoms with Crippen molar-refractivity contribution < 1.29 is 46.7 Å². The van der Waals surface area contributed by atoms with E-state index < -0.39 is 52.2 Å². The fourth-order valence-electron chi connectivity index (χ4n) is 2.25. The van der Waals surface area contributed by atoms with Gasteiger partial charge in [0, 0.05) is 18.9 Å². The topological polar surface area (TPSA) is 166 Å². The average molecular weight is 461 g/mol. The third kappa shape index (κ3) is 8.52. The minimum atomic E-state index is -4.06. The van der Waals surface area contributed by atoms with Gasteiger partial charge in [-0.3, -0.25) is 8.98 Å². The first kappa shape index (κ1) is 26.3. The lowest BCUT2D eigenvalue weighted by molar-refractivity contribution is -0.183. The van der Waals surface area contributed by atoms with E-state index in [1.807, 2.05) is 0 Å². The highest BCUT2D eigenvalue weighted by molar-refractivity contribution is 7.86. The summed E-state index contributed by atoms with van der Waals surface area (Å²) in [5.41, 5.74) is -4.36. The van der Waals surface area contributed by atoms with Crippen LogP contribution in [-0.4, -0.2) is 67.8 Å². The molecule has 12 heteroatoms. The van der Waals surface area contributed by atoms with Gasteiger partial charge in [0.2, 0.25) is 11.5 Å². The quantitative estimate of drug-likeness (QED) is 0.176. The van der Waals surface area contributed by atoms with Crippen LogP contribution in [0.2, 0.25) is 0 Å². The second-order valence-electron chi connectivity index (χ2n) is 7.36. The van der Waals surface area contributed by atoms with Crippen LogP contribution in [0.3, 0.4) is 0 Å². The lowest BCUT2D eigenvalue weighted by atomic mass is 9.76. The summed E-state index contributed by atoms with van der Waals surface area (Å²) in [6.07, 6.45) is -1.16. The van der Waals surface area contributed by atoms with Gasteiger partial charge in [-0.1, -0.05) is 32.0 Å². The summed E-state index contributed by atoms with van der Waals surface area (Å²) in [6, 6.07) is 7.84. The smallest absolute Gasteiger partial charge is 0.479 e. The molecule has 0 aliphatic carbocycles. The lowest BCUT2D eigenvalue weighted by Crippen LogP contribution is -2.57. The first-order valence-electron chi connectivity index (χ1n) is 9.26. The number of aliphatic hydroxyl groups is 1. The molecule has 31 heavy (non-hydrogen) atoms. The van der Waals surface area contributed by atoms with Gasteiger partial charge >= 0.3 is 12.1 Å². The van der Waals surface area contributed by atoms with Crippen molar-refractivity contribution in [3.8, 4) is 5.75 Å². The van der Waals surface area contributed by atoms with E-state index in [-0.39, 0.29) is 24.6 Å². The van der Waals surface area contributed by atoms with Gasteiger partial charge in [-0.15, -0.1) is 0 Å². The number of rotatable bonds is 12. The summed E-state index contributed by atoms with van der Waals surface area (Å²) in [5.74, 6) is -2.32. The van der Waals surface area contributed by atoms with Gasteiger partial charge in [0.1, 0.15) is 12.4 Å². The number of carboxylic acid groups (broad SMARTS) is 1. The molecule has 0 aromatic heterocycles. The van der Waals surface area contributed by atoms with Crippen molar-refractivity contribution >= 4 is 28.1 Å². The van der Waals surface area contributed by atoms with Crippen molar-refractivity contribution in [2.75, 3.05) is 25.5 Å². The molecular weight excluding hydrogens is 434 g/mol. The largest absolute Gasteiger partial charge is 0.513 e. The number of ether oxygens (including phenoxy) is 2. The molecule has 0 saturated carbocycles. The third-order valence-corrected chi connectivity index (χ3v) is 5.63. The molecule has 3 N–H and O–H groups in total. The molecule has 0 saturated heterocycles. The van der Waals surface area contributed by atoms with Gasteiger partial charge in [-0.05, 0) is 18.6 Å². The number of hydrogen-bond acceptors (Lipinski definition) is 9. The van der Waals surface area contributed by atoms with Crippen molar-refractivity contribution in [3.63, 3.8) is 0 Å². The summed E-state index contributed by atoms with van der Waals surface area (Å²) in [6.45, 7) is 2.21. The number of hydrogen-bond donors (Lipinski definition) is 3. The molecule has 0 radical (unpaired) electrons.